The van der Waals surface area contributed by atoms with Crippen molar-refractivity contribution >= 4 is 38.9 Å². The zero-order valence-electron chi connectivity index (χ0n) is 15.5. The third-order valence-corrected chi connectivity index (χ3v) is 6.15. The second-order valence-corrected chi connectivity index (χ2v) is 8.45. The van der Waals surface area contributed by atoms with E-state index in [0.717, 1.165) is 27.1 Å². The summed E-state index contributed by atoms with van der Waals surface area (Å²) in [4.78, 5) is 10.9. The van der Waals surface area contributed by atoms with Crippen molar-refractivity contribution < 1.29 is 9.66 Å². The topological polar surface area (TPSA) is 68.0 Å². The molecule has 0 radical (unpaired) electrons. The number of rotatable bonds is 3. The van der Waals surface area contributed by atoms with Gasteiger partial charge in [0.2, 0.25) is 6.23 Å². The number of halogens is 2. The molecule has 0 spiro atoms. The normalized spacial score (nSPS) is 19.5. The van der Waals surface area contributed by atoms with E-state index in [9.17, 15) is 10.1 Å². The van der Waals surface area contributed by atoms with Crippen LogP contribution in [-0.4, -0.2) is 15.6 Å². The van der Waals surface area contributed by atoms with Gasteiger partial charge in [0, 0.05) is 39.2 Å². The number of benzene rings is 3. The minimum absolute atomic E-state index is 0.0392. The van der Waals surface area contributed by atoms with E-state index < -0.39 is 11.2 Å². The van der Waals surface area contributed by atoms with Crippen LogP contribution in [0.25, 0.3) is 0 Å². The van der Waals surface area contributed by atoms with Crippen LogP contribution < -0.4 is 4.74 Å². The third kappa shape index (κ3) is 3.24. The summed E-state index contributed by atoms with van der Waals surface area (Å²) in [5, 5.41) is 18.4. The first-order valence-electron chi connectivity index (χ1n) is 9.32. The minimum atomic E-state index is -0.669. The van der Waals surface area contributed by atoms with Crippen LogP contribution in [0.5, 0.6) is 5.75 Å². The quantitative estimate of drug-likeness (QED) is 0.325. The van der Waals surface area contributed by atoms with Crippen LogP contribution in [0, 0.1) is 10.1 Å². The van der Waals surface area contributed by atoms with Crippen molar-refractivity contribution in [3.63, 3.8) is 0 Å². The average molecular weight is 485 g/mol. The molecule has 30 heavy (non-hydrogen) atoms. The summed E-state index contributed by atoms with van der Waals surface area (Å²) < 4.78 is 7.23. The molecule has 2 aliphatic rings. The van der Waals surface area contributed by atoms with Crippen molar-refractivity contribution in [1.82, 2.24) is 5.01 Å². The van der Waals surface area contributed by atoms with Crippen molar-refractivity contribution in [2.24, 2.45) is 5.10 Å². The highest BCUT2D eigenvalue weighted by molar-refractivity contribution is 9.10. The molecule has 0 unspecified atom stereocenters. The molecule has 0 fully saturated rings. The molecule has 2 atom stereocenters. The van der Waals surface area contributed by atoms with Gasteiger partial charge in [0.05, 0.1) is 16.7 Å². The van der Waals surface area contributed by atoms with Crippen molar-refractivity contribution in [2.45, 2.75) is 18.7 Å². The van der Waals surface area contributed by atoms with Crippen LogP contribution in [-0.2, 0) is 0 Å². The smallest absolute Gasteiger partial charge is 0.270 e. The largest absolute Gasteiger partial charge is 0.464 e. The number of nitrogens with zero attached hydrogens (tertiary/aromatic N) is 3. The molecule has 3 aromatic rings. The Morgan fingerprint density at radius 1 is 1.10 bits per heavy atom. The van der Waals surface area contributed by atoms with Gasteiger partial charge in [-0.15, -0.1) is 0 Å². The number of hydrogen-bond acceptors (Lipinski definition) is 5. The maximum absolute atomic E-state index is 11.3. The molecule has 6 nitrogen and oxygen atoms in total. The molecule has 0 aromatic heterocycles. The molecular formula is C22H15BrClN3O3. The van der Waals surface area contributed by atoms with Crippen LogP contribution in [0.2, 0.25) is 5.02 Å². The van der Waals surface area contributed by atoms with Crippen LogP contribution in [0.4, 0.5) is 5.69 Å². The summed E-state index contributed by atoms with van der Waals surface area (Å²) in [6.07, 6.45) is 0.0251. The monoisotopic (exact) mass is 483 g/mol. The van der Waals surface area contributed by atoms with Crippen molar-refractivity contribution in [3.8, 4) is 5.75 Å². The summed E-state index contributed by atoms with van der Waals surface area (Å²) in [7, 11) is 0. The van der Waals surface area contributed by atoms with E-state index in [-0.39, 0.29) is 11.7 Å². The summed E-state index contributed by atoms with van der Waals surface area (Å²) in [6.45, 7) is 0. The van der Waals surface area contributed by atoms with Gasteiger partial charge >= 0.3 is 0 Å². The Kier molecular flexibility index (Phi) is 4.72. The Bertz CT molecular complexity index is 1190. The molecule has 150 valence electrons. The van der Waals surface area contributed by atoms with Crippen molar-refractivity contribution in [2.75, 3.05) is 0 Å². The minimum Gasteiger partial charge on any atom is -0.464 e. The van der Waals surface area contributed by atoms with Crippen molar-refractivity contribution in [3.05, 3.63) is 103 Å². The molecule has 5 rings (SSSR count). The van der Waals surface area contributed by atoms with Gasteiger partial charge in [0.1, 0.15) is 5.75 Å². The Balaban J connectivity index is 1.64. The highest BCUT2D eigenvalue weighted by Crippen LogP contribution is 2.49. The summed E-state index contributed by atoms with van der Waals surface area (Å²) in [6, 6.07) is 20.1. The van der Waals surface area contributed by atoms with Crippen LogP contribution in [0.3, 0.4) is 0 Å². The molecule has 0 aliphatic carbocycles. The molecule has 0 amide bonds. The zero-order valence-corrected chi connectivity index (χ0v) is 17.9. The molecule has 2 heterocycles. The molecule has 0 saturated heterocycles. The Hall–Kier alpha value is -2.90. The maximum Gasteiger partial charge on any atom is 0.270 e. The van der Waals surface area contributed by atoms with Gasteiger partial charge in [0.25, 0.3) is 5.69 Å². The Morgan fingerprint density at radius 2 is 1.90 bits per heavy atom. The lowest BCUT2D eigenvalue weighted by molar-refractivity contribution is -0.385. The first-order chi connectivity index (χ1) is 14.5. The van der Waals surface area contributed by atoms with E-state index in [1.165, 1.54) is 18.2 Å². The van der Waals surface area contributed by atoms with E-state index in [0.29, 0.717) is 17.0 Å². The van der Waals surface area contributed by atoms with E-state index >= 15 is 0 Å². The Morgan fingerprint density at radius 3 is 2.67 bits per heavy atom. The van der Waals surface area contributed by atoms with Gasteiger partial charge in [-0.25, -0.2) is 5.01 Å². The Labute approximate surface area is 186 Å². The standard InChI is InChI=1S/C22H15BrClN3O3/c23-14-6-9-21-17(10-14)20-12-19(13-4-2-1-3-5-13)25-26(20)22(30-21)16-11-15(27(28)29)7-8-18(16)24/h1-11,20,22H,12H2/t20-,22-/m1/s1. The van der Waals surface area contributed by atoms with E-state index in [1.807, 2.05) is 53.5 Å². The van der Waals surface area contributed by atoms with E-state index in [1.54, 1.807) is 0 Å². The fraction of sp³-hybridized carbons (Fsp3) is 0.136. The number of non-ortho nitro benzene ring substituents is 1. The molecule has 8 heteroatoms. The summed E-state index contributed by atoms with van der Waals surface area (Å²) in [5.74, 6) is 0.719. The van der Waals surface area contributed by atoms with E-state index in [2.05, 4.69) is 15.9 Å². The maximum atomic E-state index is 11.3. The SMILES string of the molecule is O=[N+]([O-])c1ccc(Cl)c([C@H]2Oc3ccc(Br)cc3[C@H]3CC(c4ccccc4)=NN32)c1. The fourth-order valence-corrected chi connectivity index (χ4v) is 4.49. The molecule has 0 bridgehead atoms. The van der Waals surface area contributed by atoms with Gasteiger partial charge in [-0.2, -0.15) is 5.10 Å². The molecule has 3 aromatic carbocycles. The number of fused-ring (bicyclic) bond motifs is 3. The summed E-state index contributed by atoms with van der Waals surface area (Å²) >= 11 is 9.98. The van der Waals surface area contributed by atoms with Gasteiger partial charge in [0.15, 0.2) is 0 Å². The number of nitro benzene ring substituents is 1. The second-order valence-electron chi connectivity index (χ2n) is 7.13. The first kappa shape index (κ1) is 19.1. The van der Waals surface area contributed by atoms with Crippen LogP contribution in [0.15, 0.2) is 76.3 Å². The van der Waals surface area contributed by atoms with Crippen molar-refractivity contribution in [1.29, 1.82) is 0 Å². The highest BCUT2D eigenvalue weighted by atomic mass is 79.9. The van der Waals surface area contributed by atoms with Gasteiger partial charge < -0.3 is 4.74 Å². The van der Waals surface area contributed by atoms with Gasteiger partial charge in [-0.1, -0.05) is 57.9 Å². The van der Waals surface area contributed by atoms with Crippen LogP contribution >= 0.6 is 27.5 Å². The zero-order chi connectivity index (χ0) is 20.8. The summed E-state index contributed by atoms with van der Waals surface area (Å²) in [5.41, 5.74) is 3.46. The molecule has 2 aliphatic heterocycles. The lowest BCUT2D eigenvalue weighted by Crippen LogP contribution is -2.34. The first-order valence-corrected chi connectivity index (χ1v) is 10.5. The lowest BCUT2D eigenvalue weighted by Gasteiger charge is -2.38. The second kappa shape index (κ2) is 7.41. The number of hydrogen-bond donors (Lipinski definition) is 0. The number of hydrazone groups is 1. The molecule has 0 saturated carbocycles. The molecule has 0 N–H and O–H groups in total. The predicted molar refractivity (Wildman–Crippen MR) is 118 cm³/mol. The van der Waals surface area contributed by atoms with Gasteiger partial charge in [-0.05, 0) is 29.8 Å². The van der Waals surface area contributed by atoms with E-state index in [4.69, 9.17) is 21.4 Å². The highest BCUT2D eigenvalue weighted by Gasteiger charge is 2.42. The lowest BCUT2D eigenvalue weighted by atomic mass is 9.96. The fourth-order valence-electron chi connectivity index (χ4n) is 3.90. The number of nitro groups is 1. The number of ether oxygens (including phenoxy) is 1. The average Bonchev–Trinajstić information content (AvgIpc) is 3.20. The molecular weight excluding hydrogens is 470 g/mol. The predicted octanol–water partition coefficient (Wildman–Crippen LogP) is 6.25. The van der Waals surface area contributed by atoms with Gasteiger partial charge in [-0.3, -0.25) is 10.1 Å². The van der Waals surface area contributed by atoms with Crippen LogP contribution in [0.1, 0.15) is 35.4 Å². The third-order valence-electron chi connectivity index (χ3n) is 5.32.